The number of rotatable bonds is 7. The van der Waals surface area contributed by atoms with Gasteiger partial charge in [0.05, 0.1) is 0 Å². The zero-order valence-corrected chi connectivity index (χ0v) is 21.1. The van der Waals surface area contributed by atoms with Gasteiger partial charge < -0.3 is 0 Å². The van der Waals surface area contributed by atoms with Gasteiger partial charge in [-0.3, -0.25) is 0 Å². The van der Waals surface area contributed by atoms with Gasteiger partial charge in [0, 0.05) is 0 Å². The van der Waals surface area contributed by atoms with E-state index in [0.717, 1.165) is 11.6 Å². The molecule has 0 N–H and O–H groups in total. The average molecular weight is 467 g/mol. The van der Waals surface area contributed by atoms with Crippen LogP contribution in [0.1, 0.15) is 26.2 Å². The van der Waals surface area contributed by atoms with Crippen LogP contribution in [0.15, 0.2) is 121 Å². The molecule has 0 nitrogen and oxygen atoms in total. The van der Waals surface area contributed by atoms with Gasteiger partial charge in [0.25, 0.3) is 0 Å². The maximum atomic E-state index is 2.55. The second-order valence-corrected chi connectivity index (χ2v) is 14.0. The Morgan fingerprint density at radius 2 is 0.939 bits per heavy atom. The van der Waals surface area contributed by atoms with Gasteiger partial charge in [0.15, 0.2) is 0 Å². The highest BCUT2D eigenvalue weighted by Crippen LogP contribution is 2.56. The first-order valence-corrected chi connectivity index (χ1v) is 14.9. The number of hydrogen-bond acceptors (Lipinski definition) is 0. The van der Waals surface area contributed by atoms with Crippen LogP contribution in [0.25, 0.3) is 0 Å². The molecule has 1 unspecified atom stereocenters. The number of hydrogen-bond donors (Lipinski definition) is 0. The molecule has 0 heterocycles. The van der Waals surface area contributed by atoms with E-state index >= 15 is 0 Å². The minimum atomic E-state index is -0.402. The standard InChI is InChI=1S/C31H32P2/c1-25(32(26-15-6-2-7-16-26)27-17-8-3-9-18-27)30-23-14-24-31(30)33(28-19-10-4-11-20-28)29-21-12-5-13-22-29/h2-13,15-22,25,30-31H,14,23-24H2,1H3/t25-,30?,31+/m0/s1. The Labute approximate surface area is 201 Å². The average Bonchev–Trinajstić information content (AvgIpc) is 3.36. The normalized spacial score (nSPS) is 19.1. The van der Waals surface area contributed by atoms with E-state index in [0.29, 0.717) is 5.66 Å². The van der Waals surface area contributed by atoms with E-state index in [2.05, 4.69) is 128 Å². The topological polar surface area (TPSA) is 0 Å². The third kappa shape index (κ3) is 4.99. The molecular formula is C31H32P2. The summed E-state index contributed by atoms with van der Waals surface area (Å²) in [5.41, 5.74) is 1.38. The van der Waals surface area contributed by atoms with E-state index in [-0.39, 0.29) is 7.92 Å². The molecular weight excluding hydrogens is 434 g/mol. The van der Waals surface area contributed by atoms with Crippen molar-refractivity contribution >= 4 is 37.1 Å². The van der Waals surface area contributed by atoms with Gasteiger partial charge in [0.2, 0.25) is 0 Å². The van der Waals surface area contributed by atoms with Gasteiger partial charge >= 0.3 is 0 Å². The quantitative estimate of drug-likeness (QED) is 0.263. The summed E-state index contributed by atoms with van der Waals surface area (Å²) in [6, 6.07) is 45.3. The Morgan fingerprint density at radius 3 is 1.36 bits per heavy atom. The van der Waals surface area contributed by atoms with Crippen LogP contribution in [0.4, 0.5) is 0 Å². The van der Waals surface area contributed by atoms with E-state index in [1.165, 1.54) is 40.5 Å². The summed E-state index contributed by atoms with van der Waals surface area (Å²) >= 11 is 0. The van der Waals surface area contributed by atoms with Crippen molar-refractivity contribution in [3.63, 3.8) is 0 Å². The Hall–Kier alpha value is -2.26. The highest BCUT2D eigenvalue weighted by molar-refractivity contribution is 7.74. The predicted octanol–water partition coefficient (Wildman–Crippen LogP) is 6.81. The fourth-order valence-electron chi connectivity index (χ4n) is 5.55. The lowest BCUT2D eigenvalue weighted by molar-refractivity contribution is 0.548. The molecule has 0 amide bonds. The van der Waals surface area contributed by atoms with Crippen molar-refractivity contribution in [1.82, 2.24) is 0 Å². The molecule has 166 valence electrons. The van der Waals surface area contributed by atoms with E-state index in [9.17, 15) is 0 Å². The minimum Gasteiger partial charge on any atom is -0.0622 e. The molecule has 3 atom stereocenters. The second kappa shape index (κ2) is 10.8. The molecule has 0 aromatic heterocycles. The van der Waals surface area contributed by atoms with E-state index in [4.69, 9.17) is 0 Å². The van der Waals surface area contributed by atoms with Crippen molar-refractivity contribution in [3.05, 3.63) is 121 Å². The third-order valence-electron chi connectivity index (χ3n) is 7.03. The maximum absolute atomic E-state index is 2.55. The molecule has 33 heavy (non-hydrogen) atoms. The Balaban J connectivity index is 1.54. The molecule has 1 aliphatic rings. The van der Waals surface area contributed by atoms with Gasteiger partial charge in [-0.1, -0.05) is 135 Å². The van der Waals surface area contributed by atoms with E-state index < -0.39 is 7.92 Å². The Bertz CT molecular complexity index is 1030. The van der Waals surface area contributed by atoms with Crippen molar-refractivity contribution in [2.45, 2.75) is 37.5 Å². The molecule has 0 spiro atoms. The Kier molecular flexibility index (Phi) is 7.36. The molecule has 1 saturated carbocycles. The van der Waals surface area contributed by atoms with Gasteiger partial charge in [-0.2, -0.15) is 0 Å². The molecule has 0 aliphatic heterocycles. The third-order valence-corrected chi connectivity index (χ3v) is 12.9. The van der Waals surface area contributed by atoms with Crippen molar-refractivity contribution < 1.29 is 0 Å². The molecule has 0 bridgehead atoms. The van der Waals surface area contributed by atoms with Gasteiger partial charge in [0.1, 0.15) is 0 Å². The molecule has 4 aromatic carbocycles. The fourth-order valence-corrected chi connectivity index (χ4v) is 11.9. The van der Waals surface area contributed by atoms with Crippen molar-refractivity contribution in [1.29, 1.82) is 0 Å². The van der Waals surface area contributed by atoms with Crippen LogP contribution in [-0.4, -0.2) is 11.3 Å². The SMILES string of the molecule is C[C@@H](C1CCC[C@H]1P(c1ccccc1)c1ccccc1)P(c1ccccc1)c1ccccc1. The summed E-state index contributed by atoms with van der Waals surface area (Å²) in [5.74, 6) is 0.739. The first-order valence-electron chi connectivity index (χ1n) is 12.1. The second-order valence-electron chi connectivity index (χ2n) is 8.98. The molecule has 5 rings (SSSR count). The smallest absolute Gasteiger partial charge is 0.00943 e. The molecule has 0 saturated heterocycles. The largest absolute Gasteiger partial charge is 0.0622 e. The minimum absolute atomic E-state index is 0.376. The summed E-state index contributed by atoms with van der Waals surface area (Å²) in [5, 5.41) is 6.10. The fraction of sp³-hybridized carbons (Fsp3) is 0.226. The van der Waals surface area contributed by atoms with Crippen LogP contribution in [0.3, 0.4) is 0 Å². The van der Waals surface area contributed by atoms with Crippen molar-refractivity contribution in [3.8, 4) is 0 Å². The molecule has 0 radical (unpaired) electrons. The maximum Gasteiger partial charge on any atom is -0.00943 e. The predicted molar refractivity (Wildman–Crippen MR) is 149 cm³/mol. The lowest BCUT2D eigenvalue weighted by Crippen LogP contribution is -2.33. The van der Waals surface area contributed by atoms with Gasteiger partial charge in [-0.15, -0.1) is 0 Å². The molecule has 1 aliphatic carbocycles. The number of benzene rings is 4. The van der Waals surface area contributed by atoms with Crippen molar-refractivity contribution in [2.24, 2.45) is 5.92 Å². The highest BCUT2D eigenvalue weighted by atomic mass is 31.1. The first-order chi connectivity index (χ1) is 16.3. The van der Waals surface area contributed by atoms with Gasteiger partial charge in [-0.05, 0) is 67.1 Å². The van der Waals surface area contributed by atoms with Crippen molar-refractivity contribution in [2.75, 3.05) is 0 Å². The van der Waals surface area contributed by atoms with Crippen LogP contribution in [0, 0.1) is 5.92 Å². The molecule has 1 fully saturated rings. The van der Waals surface area contributed by atoms with Crippen LogP contribution in [0.5, 0.6) is 0 Å². The molecule has 2 heteroatoms. The van der Waals surface area contributed by atoms with E-state index in [1.807, 2.05) is 0 Å². The molecule has 4 aromatic rings. The zero-order valence-electron chi connectivity index (χ0n) is 19.3. The zero-order chi connectivity index (χ0) is 22.5. The monoisotopic (exact) mass is 466 g/mol. The Morgan fingerprint density at radius 1 is 0.545 bits per heavy atom. The summed E-state index contributed by atoms with van der Waals surface area (Å²) in [7, 11) is -0.778. The summed E-state index contributed by atoms with van der Waals surface area (Å²) < 4.78 is 0. The lowest BCUT2D eigenvalue weighted by Gasteiger charge is -2.37. The highest BCUT2D eigenvalue weighted by Gasteiger charge is 2.40. The summed E-state index contributed by atoms with van der Waals surface area (Å²) in [6.45, 7) is 2.55. The summed E-state index contributed by atoms with van der Waals surface area (Å²) in [6.07, 6.45) is 4.05. The van der Waals surface area contributed by atoms with Crippen LogP contribution in [0.2, 0.25) is 0 Å². The van der Waals surface area contributed by atoms with Crippen LogP contribution >= 0.6 is 15.8 Å². The van der Waals surface area contributed by atoms with Gasteiger partial charge in [-0.25, -0.2) is 0 Å². The summed E-state index contributed by atoms with van der Waals surface area (Å²) in [4.78, 5) is 0. The lowest BCUT2D eigenvalue weighted by atomic mass is 10.0. The van der Waals surface area contributed by atoms with Crippen LogP contribution in [-0.2, 0) is 0 Å². The van der Waals surface area contributed by atoms with E-state index in [1.54, 1.807) is 0 Å². The van der Waals surface area contributed by atoms with Crippen LogP contribution < -0.4 is 21.2 Å². The first kappa shape index (κ1) is 22.5.